The summed E-state index contributed by atoms with van der Waals surface area (Å²) in [5, 5.41) is 5.24. The fourth-order valence-corrected chi connectivity index (χ4v) is 3.89. The molecule has 0 unspecified atom stereocenters. The molecule has 1 aliphatic rings. The molecule has 1 aromatic heterocycles. The summed E-state index contributed by atoms with van der Waals surface area (Å²) in [5.41, 5.74) is 1.20. The monoisotopic (exact) mass is 361 g/mol. The second-order valence-electron chi connectivity index (χ2n) is 6.00. The predicted octanol–water partition coefficient (Wildman–Crippen LogP) is 3.12. The van der Waals surface area contributed by atoms with Crippen molar-refractivity contribution in [2.45, 2.75) is 17.5 Å². The Hall–Kier alpha value is -3.04. The van der Waals surface area contributed by atoms with Gasteiger partial charge in [0.2, 0.25) is 5.91 Å². The van der Waals surface area contributed by atoms with Crippen LogP contribution in [0.1, 0.15) is 23.5 Å². The van der Waals surface area contributed by atoms with Gasteiger partial charge in [-0.2, -0.15) is 0 Å². The number of carbonyl (C=O) groups excluding carboxylic acids is 1. The van der Waals surface area contributed by atoms with Crippen molar-refractivity contribution in [3.8, 4) is 12.3 Å². The molecule has 0 radical (unpaired) electrons. The van der Waals surface area contributed by atoms with E-state index in [1.54, 1.807) is 0 Å². The number of thioether (sulfide) groups is 1. The van der Waals surface area contributed by atoms with E-state index in [0.717, 1.165) is 16.3 Å². The lowest BCUT2D eigenvalue weighted by Crippen LogP contribution is -2.31. The van der Waals surface area contributed by atoms with Crippen molar-refractivity contribution in [2.75, 3.05) is 11.1 Å². The van der Waals surface area contributed by atoms with Crippen LogP contribution in [0.3, 0.4) is 0 Å². The van der Waals surface area contributed by atoms with Crippen LogP contribution in [0.4, 0.5) is 5.82 Å². The van der Waals surface area contributed by atoms with Crippen molar-refractivity contribution in [1.29, 1.82) is 0 Å². The number of aromatic nitrogens is 2. The van der Waals surface area contributed by atoms with Gasteiger partial charge in [-0.1, -0.05) is 60.1 Å². The normalized spacial score (nSPS) is 16.0. The lowest BCUT2D eigenvalue weighted by atomic mass is 9.84. The number of nitrogens with one attached hydrogen (secondary N) is 2. The third kappa shape index (κ3) is 2.87. The van der Waals surface area contributed by atoms with Crippen LogP contribution < -0.4 is 10.9 Å². The molecule has 0 fully saturated rings. The maximum Gasteiger partial charge on any atom is 0.257 e. The summed E-state index contributed by atoms with van der Waals surface area (Å²) in [6.45, 7) is 0. The number of carbonyl (C=O) groups is 1. The molecular weight excluding hydrogens is 346 g/mol. The first kappa shape index (κ1) is 16.4. The van der Waals surface area contributed by atoms with Crippen molar-refractivity contribution in [3.05, 3.63) is 63.9 Å². The number of amides is 1. The molecule has 26 heavy (non-hydrogen) atoms. The van der Waals surface area contributed by atoms with Gasteiger partial charge in [0.25, 0.3) is 5.56 Å². The van der Waals surface area contributed by atoms with E-state index in [4.69, 9.17) is 6.42 Å². The molecule has 0 aliphatic carbocycles. The number of aromatic amines is 1. The van der Waals surface area contributed by atoms with Crippen LogP contribution in [0.2, 0.25) is 0 Å². The summed E-state index contributed by atoms with van der Waals surface area (Å²) in [6.07, 6.45) is 5.48. The van der Waals surface area contributed by atoms with E-state index in [1.807, 2.05) is 42.5 Å². The summed E-state index contributed by atoms with van der Waals surface area (Å²) in [5.74, 6) is 2.71. The number of benzene rings is 2. The molecule has 0 spiro atoms. The molecule has 2 N–H and O–H groups in total. The van der Waals surface area contributed by atoms with E-state index in [2.05, 4.69) is 21.2 Å². The minimum atomic E-state index is -0.340. The van der Waals surface area contributed by atoms with Gasteiger partial charge < -0.3 is 10.3 Å². The van der Waals surface area contributed by atoms with Crippen molar-refractivity contribution < 1.29 is 4.79 Å². The first-order valence-corrected chi connectivity index (χ1v) is 9.14. The SMILES string of the molecule is C#CCSc1nc2c(c(=O)[nH]1)[C@@H](c1cccc3ccccc13)CC(=O)N2. The highest BCUT2D eigenvalue weighted by Crippen LogP contribution is 2.37. The standard InChI is InChI=1S/C20H15N3O2S/c1-2-10-26-20-22-18-17(19(25)23-20)15(11-16(24)21-18)14-9-5-7-12-6-3-4-8-13(12)14/h1,3-9,15H,10-11H2,(H2,21,22,23,24,25)/t15-/m1/s1. The Bertz CT molecular complexity index is 1110. The molecule has 128 valence electrons. The van der Waals surface area contributed by atoms with Gasteiger partial charge in [-0.3, -0.25) is 9.59 Å². The number of nitrogens with zero attached hydrogens (tertiary/aromatic N) is 1. The Labute approximate surface area is 154 Å². The number of hydrogen-bond acceptors (Lipinski definition) is 4. The number of rotatable bonds is 3. The molecule has 1 amide bonds. The summed E-state index contributed by atoms with van der Waals surface area (Å²) in [7, 11) is 0. The van der Waals surface area contributed by atoms with Gasteiger partial charge in [0.05, 0.1) is 11.3 Å². The second kappa shape index (κ2) is 6.70. The highest BCUT2D eigenvalue weighted by Gasteiger charge is 2.31. The molecule has 3 aromatic rings. The van der Waals surface area contributed by atoms with Crippen LogP contribution >= 0.6 is 11.8 Å². The molecule has 1 atom stereocenters. The van der Waals surface area contributed by atoms with E-state index in [0.29, 0.717) is 22.3 Å². The summed E-state index contributed by atoms with van der Waals surface area (Å²) < 4.78 is 0. The molecule has 0 bridgehead atoms. The number of anilines is 1. The summed E-state index contributed by atoms with van der Waals surface area (Å²) in [6, 6.07) is 13.9. The van der Waals surface area contributed by atoms with E-state index >= 15 is 0 Å². The van der Waals surface area contributed by atoms with Crippen LogP contribution in [0.15, 0.2) is 52.4 Å². The maximum atomic E-state index is 12.8. The van der Waals surface area contributed by atoms with Crippen molar-refractivity contribution >= 4 is 34.3 Å². The maximum absolute atomic E-state index is 12.8. The number of terminal acetylenes is 1. The summed E-state index contributed by atoms with van der Waals surface area (Å²) >= 11 is 1.25. The lowest BCUT2D eigenvalue weighted by Gasteiger charge is -2.25. The Balaban J connectivity index is 1.89. The largest absolute Gasteiger partial charge is 0.310 e. The average molecular weight is 361 g/mol. The molecule has 2 heterocycles. The van der Waals surface area contributed by atoms with Gasteiger partial charge in [-0.25, -0.2) is 4.98 Å². The first-order chi connectivity index (χ1) is 12.7. The molecule has 0 saturated carbocycles. The van der Waals surface area contributed by atoms with Gasteiger partial charge in [0, 0.05) is 12.3 Å². The highest BCUT2D eigenvalue weighted by molar-refractivity contribution is 7.99. The molecular formula is C20H15N3O2S. The van der Waals surface area contributed by atoms with Gasteiger partial charge in [-0.15, -0.1) is 6.42 Å². The number of hydrogen-bond donors (Lipinski definition) is 2. The Morgan fingerprint density at radius 1 is 1.19 bits per heavy atom. The summed E-state index contributed by atoms with van der Waals surface area (Å²) in [4.78, 5) is 32.2. The Kier molecular flexibility index (Phi) is 4.23. The highest BCUT2D eigenvalue weighted by atomic mass is 32.2. The van der Waals surface area contributed by atoms with E-state index < -0.39 is 0 Å². The number of H-pyrrole nitrogens is 1. The fraction of sp³-hybridized carbons (Fsp3) is 0.150. The van der Waals surface area contributed by atoms with Crippen molar-refractivity contribution in [3.63, 3.8) is 0 Å². The number of fused-ring (bicyclic) bond motifs is 2. The molecule has 5 nitrogen and oxygen atoms in total. The van der Waals surface area contributed by atoms with Crippen LogP contribution in [-0.4, -0.2) is 21.6 Å². The topological polar surface area (TPSA) is 74.8 Å². The van der Waals surface area contributed by atoms with E-state index in [9.17, 15) is 9.59 Å². The predicted molar refractivity (Wildman–Crippen MR) is 103 cm³/mol. The first-order valence-electron chi connectivity index (χ1n) is 8.15. The zero-order valence-electron chi connectivity index (χ0n) is 13.8. The zero-order valence-corrected chi connectivity index (χ0v) is 14.6. The Morgan fingerprint density at radius 3 is 2.85 bits per heavy atom. The fourth-order valence-electron chi connectivity index (χ4n) is 3.35. The van der Waals surface area contributed by atoms with Crippen molar-refractivity contribution in [1.82, 2.24) is 9.97 Å². The van der Waals surface area contributed by atoms with Crippen LogP contribution in [0, 0.1) is 12.3 Å². The van der Waals surface area contributed by atoms with Gasteiger partial charge >= 0.3 is 0 Å². The van der Waals surface area contributed by atoms with Gasteiger partial charge in [-0.05, 0) is 16.3 Å². The smallest absolute Gasteiger partial charge is 0.257 e. The molecule has 4 rings (SSSR count). The quantitative estimate of drug-likeness (QED) is 0.427. The second-order valence-corrected chi connectivity index (χ2v) is 6.96. The van der Waals surface area contributed by atoms with Crippen LogP contribution in [-0.2, 0) is 4.79 Å². The molecule has 0 saturated heterocycles. The minimum Gasteiger partial charge on any atom is -0.310 e. The Morgan fingerprint density at radius 2 is 2.00 bits per heavy atom. The lowest BCUT2D eigenvalue weighted by molar-refractivity contribution is -0.116. The molecule has 2 aromatic carbocycles. The molecule has 1 aliphatic heterocycles. The van der Waals surface area contributed by atoms with Gasteiger partial charge in [0.1, 0.15) is 5.82 Å². The third-order valence-corrected chi connectivity index (χ3v) is 5.20. The minimum absolute atomic E-state index is 0.151. The van der Waals surface area contributed by atoms with E-state index in [-0.39, 0.29) is 23.8 Å². The zero-order chi connectivity index (χ0) is 18.1. The van der Waals surface area contributed by atoms with Crippen molar-refractivity contribution in [2.24, 2.45) is 0 Å². The van der Waals surface area contributed by atoms with Gasteiger partial charge in [0.15, 0.2) is 5.16 Å². The molecule has 6 heteroatoms. The van der Waals surface area contributed by atoms with Crippen LogP contribution in [0.5, 0.6) is 0 Å². The average Bonchev–Trinajstić information content (AvgIpc) is 2.65. The van der Waals surface area contributed by atoms with E-state index in [1.165, 1.54) is 11.8 Å². The van der Waals surface area contributed by atoms with Crippen LogP contribution in [0.25, 0.3) is 10.8 Å². The third-order valence-electron chi connectivity index (χ3n) is 4.42.